The van der Waals surface area contributed by atoms with E-state index in [2.05, 4.69) is 5.32 Å². The van der Waals surface area contributed by atoms with Crippen molar-refractivity contribution in [3.63, 3.8) is 0 Å². The van der Waals surface area contributed by atoms with Crippen molar-refractivity contribution >= 4 is 0 Å². The molecule has 0 aromatic heterocycles. The summed E-state index contributed by atoms with van der Waals surface area (Å²) >= 11 is 0. The molecular formula is C14H19NO4. The van der Waals surface area contributed by atoms with Crippen molar-refractivity contribution in [2.45, 2.75) is 24.7 Å². The molecule has 104 valence electrons. The number of hydrogen-bond acceptors (Lipinski definition) is 5. The molecule has 1 fully saturated rings. The van der Waals surface area contributed by atoms with Crippen molar-refractivity contribution in [1.29, 1.82) is 0 Å². The zero-order chi connectivity index (χ0) is 13.2. The van der Waals surface area contributed by atoms with Crippen LogP contribution in [0.4, 0.5) is 0 Å². The summed E-state index contributed by atoms with van der Waals surface area (Å²) in [5, 5.41) is 22.8. The lowest BCUT2D eigenvalue weighted by atomic mass is 10.1. The van der Waals surface area contributed by atoms with Crippen LogP contribution in [0.2, 0.25) is 0 Å². The third-order valence-corrected chi connectivity index (χ3v) is 3.69. The lowest BCUT2D eigenvalue weighted by Gasteiger charge is -2.24. The summed E-state index contributed by atoms with van der Waals surface area (Å²) in [5.41, 5.74) is 1.68. The van der Waals surface area contributed by atoms with Crippen LogP contribution in [0.25, 0.3) is 0 Å². The van der Waals surface area contributed by atoms with E-state index in [0.717, 1.165) is 30.0 Å². The lowest BCUT2D eigenvalue weighted by Crippen LogP contribution is -2.41. The smallest absolute Gasteiger partial charge is 0.123 e. The van der Waals surface area contributed by atoms with Crippen LogP contribution in [0.3, 0.4) is 0 Å². The van der Waals surface area contributed by atoms with Gasteiger partial charge in [0.1, 0.15) is 24.6 Å². The quantitative estimate of drug-likeness (QED) is 0.718. The monoisotopic (exact) mass is 265 g/mol. The van der Waals surface area contributed by atoms with Crippen molar-refractivity contribution in [2.24, 2.45) is 0 Å². The molecule has 0 saturated carbocycles. The van der Waals surface area contributed by atoms with Crippen LogP contribution in [0.1, 0.15) is 17.2 Å². The molecule has 1 saturated heterocycles. The number of rotatable bonds is 3. The van der Waals surface area contributed by atoms with Gasteiger partial charge < -0.3 is 25.0 Å². The second-order valence-corrected chi connectivity index (χ2v) is 5.05. The average Bonchev–Trinajstić information content (AvgIpc) is 2.74. The van der Waals surface area contributed by atoms with Crippen molar-refractivity contribution in [3.8, 4) is 5.75 Å². The Morgan fingerprint density at radius 2 is 2.26 bits per heavy atom. The Morgan fingerprint density at radius 3 is 3.05 bits per heavy atom. The number of ether oxygens (including phenoxy) is 2. The minimum Gasteiger partial charge on any atom is -0.491 e. The first-order valence-corrected chi connectivity index (χ1v) is 6.69. The van der Waals surface area contributed by atoms with Gasteiger partial charge in [-0.05, 0) is 11.6 Å². The molecule has 5 nitrogen and oxygen atoms in total. The summed E-state index contributed by atoms with van der Waals surface area (Å²) in [6.07, 6.45) is -1.03. The van der Waals surface area contributed by atoms with Crippen molar-refractivity contribution < 1.29 is 19.7 Å². The molecule has 0 spiro atoms. The number of benzene rings is 1. The third kappa shape index (κ3) is 2.60. The molecule has 3 rings (SSSR count). The summed E-state index contributed by atoms with van der Waals surface area (Å²) in [6, 6.07) is 5.55. The number of nitrogens with one attached hydrogen (secondary N) is 1. The van der Waals surface area contributed by atoms with E-state index < -0.39 is 12.2 Å². The molecule has 1 heterocycles. The Hall–Kier alpha value is -1.14. The highest BCUT2D eigenvalue weighted by molar-refractivity contribution is 5.45. The molecule has 0 bridgehead atoms. The second kappa shape index (κ2) is 5.46. The molecule has 3 N–H and O–H groups in total. The molecule has 1 aromatic rings. The van der Waals surface area contributed by atoms with Crippen LogP contribution < -0.4 is 10.1 Å². The third-order valence-electron chi connectivity index (χ3n) is 3.69. The van der Waals surface area contributed by atoms with Crippen molar-refractivity contribution in [2.75, 3.05) is 26.3 Å². The molecule has 1 unspecified atom stereocenters. The number of aliphatic hydroxyl groups excluding tert-OH is 2. The molecule has 19 heavy (non-hydrogen) atoms. The van der Waals surface area contributed by atoms with E-state index in [1.54, 1.807) is 0 Å². The van der Waals surface area contributed by atoms with Gasteiger partial charge >= 0.3 is 0 Å². The zero-order valence-electron chi connectivity index (χ0n) is 10.7. The van der Waals surface area contributed by atoms with E-state index in [-0.39, 0.29) is 6.10 Å². The van der Waals surface area contributed by atoms with Crippen LogP contribution in [-0.2, 0) is 11.2 Å². The highest BCUT2D eigenvalue weighted by Crippen LogP contribution is 2.37. The Balaban J connectivity index is 1.69. The maximum Gasteiger partial charge on any atom is 0.123 e. The maximum absolute atomic E-state index is 9.85. The van der Waals surface area contributed by atoms with Crippen LogP contribution in [0.5, 0.6) is 5.75 Å². The average molecular weight is 265 g/mol. The first-order valence-electron chi connectivity index (χ1n) is 6.69. The lowest BCUT2D eigenvalue weighted by molar-refractivity contribution is -0.0000470. The van der Waals surface area contributed by atoms with Crippen LogP contribution in [0, 0.1) is 0 Å². The van der Waals surface area contributed by atoms with Gasteiger partial charge in [-0.2, -0.15) is 0 Å². The fraction of sp³-hybridized carbons (Fsp3) is 0.571. The molecule has 1 aromatic carbocycles. The minimum atomic E-state index is -0.800. The van der Waals surface area contributed by atoms with Gasteiger partial charge in [0.2, 0.25) is 0 Å². The predicted octanol–water partition coefficient (Wildman–Crippen LogP) is 0.00420. The zero-order valence-corrected chi connectivity index (χ0v) is 10.7. The highest BCUT2D eigenvalue weighted by Gasteiger charge is 2.31. The molecule has 1 aliphatic carbocycles. The molecule has 3 atom stereocenters. The van der Waals surface area contributed by atoms with Crippen molar-refractivity contribution in [1.82, 2.24) is 5.32 Å². The van der Waals surface area contributed by atoms with Gasteiger partial charge in [0.25, 0.3) is 0 Å². The SMILES string of the molecule is O[C@@H]1Cc2c(OCC3CNCCO3)cccc2[C@H]1O. The van der Waals surface area contributed by atoms with Crippen LogP contribution in [-0.4, -0.2) is 48.7 Å². The van der Waals surface area contributed by atoms with Gasteiger partial charge in [0, 0.05) is 25.1 Å². The normalized spacial score (nSPS) is 30.1. The van der Waals surface area contributed by atoms with Crippen LogP contribution >= 0.6 is 0 Å². The topological polar surface area (TPSA) is 71.0 Å². The summed E-state index contributed by atoms with van der Waals surface area (Å²) in [6.45, 7) is 2.86. The van der Waals surface area contributed by atoms with Gasteiger partial charge in [-0.3, -0.25) is 0 Å². The molecule has 5 heteroatoms. The number of hydrogen-bond donors (Lipinski definition) is 3. The van der Waals surface area contributed by atoms with E-state index in [1.807, 2.05) is 18.2 Å². The Morgan fingerprint density at radius 1 is 1.37 bits per heavy atom. The summed E-state index contributed by atoms with van der Waals surface area (Å²) in [4.78, 5) is 0. The first-order chi connectivity index (χ1) is 9.25. The second-order valence-electron chi connectivity index (χ2n) is 5.05. The molecule has 0 radical (unpaired) electrons. The summed E-state index contributed by atoms with van der Waals surface area (Å²) in [5.74, 6) is 0.738. The number of aliphatic hydroxyl groups is 2. The molecule has 0 amide bonds. The van der Waals surface area contributed by atoms with E-state index in [9.17, 15) is 10.2 Å². The first kappa shape index (κ1) is 12.9. The maximum atomic E-state index is 9.85. The summed E-state index contributed by atoms with van der Waals surface area (Å²) < 4.78 is 11.4. The van der Waals surface area contributed by atoms with Crippen LogP contribution in [0.15, 0.2) is 18.2 Å². The Bertz CT molecular complexity index is 445. The Kier molecular flexibility index (Phi) is 3.70. The van der Waals surface area contributed by atoms with Crippen molar-refractivity contribution in [3.05, 3.63) is 29.3 Å². The minimum absolute atomic E-state index is 0.0563. The Labute approximate surface area is 112 Å². The van der Waals surface area contributed by atoms with Gasteiger partial charge in [-0.25, -0.2) is 0 Å². The van der Waals surface area contributed by atoms with E-state index >= 15 is 0 Å². The van der Waals surface area contributed by atoms with E-state index in [1.165, 1.54) is 0 Å². The van der Waals surface area contributed by atoms with E-state index in [0.29, 0.717) is 19.6 Å². The largest absolute Gasteiger partial charge is 0.491 e. The van der Waals surface area contributed by atoms with Gasteiger partial charge in [0.15, 0.2) is 0 Å². The molecule has 1 aliphatic heterocycles. The molecular weight excluding hydrogens is 246 g/mol. The highest BCUT2D eigenvalue weighted by atomic mass is 16.5. The summed E-state index contributed by atoms with van der Waals surface area (Å²) in [7, 11) is 0. The van der Waals surface area contributed by atoms with E-state index in [4.69, 9.17) is 9.47 Å². The fourth-order valence-electron chi connectivity index (χ4n) is 2.65. The van der Waals surface area contributed by atoms with Gasteiger partial charge in [0.05, 0.1) is 12.7 Å². The predicted molar refractivity (Wildman–Crippen MR) is 69.2 cm³/mol. The number of fused-ring (bicyclic) bond motifs is 1. The van der Waals surface area contributed by atoms with Gasteiger partial charge in [-0.15, -0.1) is 0 Å². The van der Waals surface area contributed by atoms with Gasteiger partial charge in [-0.1, -0.05) is 12.1 Å². The fourth-order valence-corrected chi connectivity index (χ4v) is 2.65. The number of morpholine rings is 1. The molecule has 2 aliphatic rings. The standard InChI is InChI=1S/C14H19NO4/c16-12-6-11-10(14(12)17)2-1-3-13(11)19-8-9-7-15-4-5-18-9/h1-3,9,12,14-17H,4-8H2/t9?,12-,14-/m1/s1.